The summed E-state index contributed by atoms with van der Waals surface area (Å²) in [5.41, 5.74) is 2.19. The van der Waals surface area contributed by atoms with Crippen LogP contribution < -0.4 is 10.6 Å². The van der Waals surface area contributed by atoms with E-state index in [1.807, 2.05) is 36.1 Å². The van der Waals surface area contributed by atoms with Crippen LogP contribution in [-0.4, -0.2) is 66.3 Å². The van der Waals surface area contributed by atoms with Gasteiger partial charge >= 0.3 is 0 Å². The first-order chi connectivity index (χ1) is 13.0. The average Bonchev–Trinajstić information content (AvgIpc) is 3.51. The van der Waals surface area contributed by atoms with E-state index in [0.29, 0.717) is 32.6 Å². The van der Waals surface area contributed by atoms with E-state index >= 15 is 0 Å². The Labute approximate surface area is 159 Å². The van der Waals surface area contributed by atoms with Crippen LogP contribution in [0.3, 0.4) is 0 Å². The summed E-state index contributed by atoms with van der Waals surface area (Å²) in [5.74, 6) is -0.122. The van der Waals surface area contributed by atoms with Crippen LogP contribution in [0.25, 0.3) is 0 Å². The molecule has 27 heavy (non-hydrogen) atoms. The maximum atomic E-state index is 14.1. The lowest BCUT2D eigenvalue weighted by Gasteiger charge is -2.43. The number of halogens is 1. The van der Waals surface area contributed by atoms with Crippen molar-refractivity contribution in [1.29, 1.82) is 0 Å². The van der Waals surface area contributed by atoms with Crippen LogP contribution in [0.15, 0.2) is 24.3 Å². The molecule has 0 bridgehead atoms. The van der Waals surface area contributed by atoms with Crippen LogP contribution in [0.1, 0.15) is 24.0 Å². The van der Waals surface area contributed by atoms with Gasteiger partial charge < -0.3 is 10.2 Å². The summed E-state index contributed by atoms with van der Waals surface area (Å²) >= 11 is 0. The molecule has 0 aromatic heterocycles. The van der Waals surface area contributed by atoms with Crippen molar-refractivity contribution in [2.75, 3.05) is 26.2 Å². The molecule has 0 spiro atoms. The van der Waals surface area contributed by atoms with Crippen LogP contribution in [0, 0.1) is 12.8 Å². The fourth-order valence-electron chi connectivity index (χ4n) is 4.03. The molecule has 3 aliphatic rings. The average molecular weight is 374 g/mol. The summed E-state index contributed by atoms with van der Waals surface area (Å²) in [4.78, 5) is 28.6. The normalized spacial score (nSPS) is 29.5. The van der Waals surface area contributed by atoms with E-state index in [1.165, 1.54) is 0 Å². The topological polar surface area (TPSA) is 64.7 Å². The second-order valence-electron chi connectivity index (χ2n) is 7.86. The largest absolute Gasteiger partial charge is 0.340 e. The molecule has 1 aromatic carbocycles. The third-order valence-electron chi connectivity index (χ3n) is 5.96. The van der Waals surface area contributed by atoms with Gasteiger partial charge in [-0.2, -0.15) is 0 Å². The minimum atomic E-state index is -1.47. The summed E-state index contributed by atoms with van der Waals surface area (Å²) in [6.45, 7) is 4.57. The molecular weight excluding hydrogens is 347 g/mol. The van der Waals surface area contributed by atoms with E-state index in [0.717, 1.165) is 24.0 Å². The highest BCUT2D eigenvalue weighted by molar-refractivity contribution is 5.82. The number of amides is 2. The minimum absolute atomic E-state index is 0.129. The number of benzene rings is 1. The molecular formula is C20H27FN4O2. The van der Waals surface area contributed by atoms with Gasteiger partial charge in [0, 0.05) is 26.2 Å². The van der Waals surface area contributed by atoms with Crippen LogP contribution in [0.2, 0.25) is 0 Å². The molecule has 2 N–H and O–H groups in total. The van der Waals surface area contributed by atoms with Crippen molar-refractivity contribution < 1.29 is 14.0 Å². The number of aryl methyl sites for hydroxylation is 1. The van der Waals surface area contributed by atoms with Crippen molar-refractivity contribution in [3.8, 4) is 0 Å². The monoisotopic (exact) mass is 374 g/mol. The van der Waals surface area contributed by atoms with E-state index in [1.54, 1.807) is 0 Å². The van der Waals surface area contributed by atoms with Crippen molar-refractivity contribution in [2.45, 2.75) is 44.7 Å². The lowest BCUT2D eigenvalue weighted by Crippen LogP contribution is -2.70. The molecule has 146 valence electrons. The fraction of sp³-hybridized carbons (Fsp3) is 0.600. The van der Waals surface area contributed by atoms with Crippen LogP contribution in [0.5, 0.6) is 0 Å². The van der Waals surface area contributed by atoms with Crippen LogP contribution in [-0.2, 0) is 16.0 Å². The van der Waals surface area contributed by atoms with E-state index in [9.17, 15) is 14.0 Å². The highest BCUT2D eigenvalue weighted by Crippen LogP contribution is 2.36. The van der Waals surface area contributed by atoms with Crippen molar-refractivity contribution in [3.63, 3.8) is 0 Å². The van der Waals surface area contributed by atoms with E-state index in [-0.39, 0.29) is 24.2 Å². The zero-order chi connectivity index (χ0) is 19.0. The smallest absolute Gasteiger partial charge is 0.258 e. The molecule has 2 saturated heterocycles. The Morgan fingerprint density at radius 1 is 1.19 bits per heavy atom. The Morgan fingerprint density at radius 2 is 1.89 bits per heavy atom. The van der Waals surface area contributed by atoms with E-state index in [4.69, 9.17) is 0 Å². The van der Waals surface area contributed by atoms with Gasteiger partial charge in [-0.15, -0.1) is 0 Å². The summed E-state index contributed by atoms with van der Waals surface area (Å²) in [5, 5.41) is 6.01. The van der Waals surface area contributed by atoms with Crippen molar-refractivity contribution in [2.24, 2.45) is 5.92 Å². The maximum absolute atomic E-state index is 14.1. The number of hydrogen-bond donors (Lipinski definition) is 2. The molecule has 3 unspecified atom stereocenters. The van der Waals surface area contributed by atoms with Crippen LogP contribution in [0.4, 0.5) is 4.39 Å². The number of nitrogens with zero attached hydrogens (tertiary/aromatic N) is 2. The number of piperazine rings is 1. The van der Waals surface area contributed by atoms with Crippen molar-refractivity contribution >= 4 is 11.8 Å². The second kappa shape index (κ2) is 7.56. The van der Waals surface area contributed by atoms with Gasteiger partial charge in [0.05, 0.1) is 12.5 Å². The molecule has 2 heterocycles. The zero-order valence-corrected chi connectivity index (χ0v) is 15.7. The molecule has 3 fully saturated rings. The standard InChI is InChI=1S/C20H27FN4O2/c1-13-4-2-3-5-15(13)12-16(26)24-8-10-25(11-9-24)20-22-18(14-6-7-14)17(21)19(27)23-20/h2-5,14,17-18,20,22H,6-12H2,1H3,(H,23,27). The first-order valence-electron chi connectivity index (χ1n) is 9.80. The Bertz CT molecular complexity index is 716. The van der Waals surface area contributed by atoms with Crippen molar-refractivity contribution in [1.82, 2.24) is 20.4 Å². The van der Waals surface area contributed by atoms with Gasteiger partial charge in [0.15, 0.2) is 6.17 Å². The Balaban J connectivity index is 1.31. The Morgan fingerprint density at radius 3 is 2.56 bits per heavy atom. The summed E-state index contributed by atoms with van der Waals surface area (Å²) in [7, 11) is 0. The predicted molar refractivity (Wildman–Crippen MR) is 99.5 cm³/mol. The summed E-state index contributed by atoms with van der Waals surface area (Å²) in [6.07, 6.45) is 0.575. The third kappa shape index (κ3) is 3.99. The number of carbonyl (C=O) groups excluding carboxylic acids is 2. The number of alkyl halides is 1. The Kier molecular flexibility index (Phi) is 5.14. The molecule has 1 saturated carbocycles. The first-order valence-corrected chi connectivity index (χ1v) is 9.80. The quantitative estimate of drug-likeness (QED) is 0.818. The van der Waals surface area contributed by atoms with Gasteiger partial charge in [-0.25, -0.2) is 4.39 Å². The molecule has 0 radical (unpaired) electrons. The predicted octanol–water partition coefficient (Wildman–Crippen LogP) is 0.801. The molecule has 3 atom stereocenters. The summed E-state index contributed by atoms with van der Waals surface area (Å²) in [6, 6.07) is 7.57. The third-order valence-corrected chi connectivity index (χ3v) is 5.96. The zero-order valence-electron chi connectivity index (χ0n) is 15.7. The first kappa shape index (κ1) is 18.4. The van der Waals surface area contributed by atoms with Gasteiger partial charge in [-0.1, -0.05) is 24.3 Å². The number of nitrogens with one attached hydrogen (secondary N) is 2. The molecule has 2 amide bonds. The molecule has 1 aliphatic carbocycles. The summed E-state index contributed by atoms with van der Waals surface area (Å²) < 4.78 is 14.1. The molecule has 6 nitrogen and oxygen atoms in total. The number of carbonyl (C=O) groups is 2. The minimum Gasteiger partial charge on any atom is -0.340 e. The molecule has 4 rings (SSSR count). The lowest BCUT2D eigenvalue weighted by molar-refractivity contribution is -0.138. The molecule has 1 aromatic rings. The van der Waals surface area contributed by atoms with Gasteiger partial charge in [0.25, 0.3) is 5.91 Å². The SMILES string of the molecule is Cc1ccccc1CC(=O)N1CCN(C2NC(=O)C(F)C(C3CC3)N2)CC1. The highest BCUT2D eigenvalue weighted by atomic mass is 19.1. The molecule has 2 aliphatic heterocycles. The Hall–Kier alpha value is -1.99. The van der Waals surface area contributed by atoms with Gasteiger partial charge in [0.1, 0.15) is 6.29 Å². The maximum Gasteiger partial charge on any atom is 0.258 e. The van der Waals surface area contributed by atoms with E-state index < -0.39 is 12.1 Å². The van der Waals surface area contributed by atoms with Gasteiger partial charge in [-0.3, -0.25) is 19.8 Å². The molecule has 7 heteroatoms. The second-order valence-corrected chi connectivity index (χ2v) is 7.86. The van der Waals surface area contributed by atoms with E-state index in [2.05, 4.69) is 15.5 Å². The van der Waals surface area contributed by atoms with Gasteiger partial charge in [0.2, 0.25) is 5.91 Å². The lowest BCUT2D eigenvalue weighted by atomic mass is 10.0. The van der Waals surface area contributed by atoms with Crippen LogP contribution >= 0.6 is 0 Å². The van der Waals surface area contributed by atoms with Crippen molar-refractivity contribution in [3.05, 3.63) is 35.4 Å². The highest BCUT2D eigenvalue weighted by Gasteiger charge is 2.46. The van der Waals surface area contributed by atoms with Gasteiger partial charge in [-0.05, 0) is 36.8 Å². The number of rotatable bonds is 4. The number of hydrogen-bond acceptors (Lipinski definition) is 4. The fourth-order valence-corrected chi connectivity index (χ4v) is 4.03.